The SMILES string of the molecule is CC(C)C(C#N)NC(=O)NC1CCCCC1. The van der Waals surface area contributed by atoms with Gasteiger partial charge in [0.15, 0.2) is 0 Å². The average Bonchev–Trinajstić information content (AvgIpc) is 2.27. The number of carbonyl (C=O) groups excluding carboxylic acids is 1. The molecule has 0 spiro atoms. The van der Waals surface area contributed by atoms with E-state index in [1.54, 1.807) is 0 Å². The second-order valence-corrected chi connectivity index (χ2v) is 4.80. The minimum Gasteiger partial charge on any atom is -0.335 e. The van der Waals surface area contributed by atoms with Crippen molar-refractivity contribution in [3.63, 3.8) is 0 Å². The number of carbonyl (C=O) groups is 1. The van der Waals surface area contributed by atoms with E-state index in [0.29, 0.717) is 6.04 Å². The molecule has 1 aliphatic carbocycles. The van der Waals surface area contributed by atoms with Gasteiger partial charge in [-0.15, -0.1) is 0 Å². The van der Waals surface area contributed by atoms with Gasteiger partial charge in [-0.1, -0.05) is 33.1 Å². The van der Waals surface area contributed by atoms with Gasteiger partial charge in [-0.2, -0.15) is 5.26 Å². The highest BCUT2D eigenvalue weighted by molar-refractivity contribution is 5.75. The number of amides is 2. The summed E-state index contributed by atoms with van der Waals surface area (Å²) in [6, 6.07) is 1.79. The molecule has 2 amide bonds. The maximum Gasteiger partial charge on any atom is 0.316 e. The second kappa shape index (κ2) is 6.37. The van der Waals surface area contributed by atoms with Crippen molar-refractivity contribution in [1.29, 1.82) is 5.26 Å². The Kier molecular flexibility index (Phi) is 5.10. The molecule has 0 saturated heterocycles. The van der Waals surface area contributed by atoms with E-state index in [0.717, 1.165) is 12.8 Å². The molecule has 1 saturated carbocycles. The highest BCUT2D eigenvalue weighted by atomic mass is 16.2. The van der Waals surface area contributed by atoms with E-state index in [-0.39, 0.29) is 11.9 Å². The average molecular weight is 223 g/mol. The predicted octanol–water partition coefficient (Wildman–Crippen LogP) is 2.17. The van der Waals surface area contributed by atoms with Crippen molar-refractivity contribution >= 4 is 6.03 Å². The van der Waals surface area contributed by atoms with Crippen LogP contribution in [0.4, 0.5) is 4.79 Å². The molecule has 0 aromatic carbocycles. The second-order valence-electron chi connectivity index (χ2n) is 4.80. The van der Waals surface area contributed by atoms with Crippen LogP contribution in [0.25, 0.3) is 0 Å². The molecule has 0 aliphatic heterocycles. The molecule has 4 nitrogen and oxygen atoms in total. The molecule has 0 aromatic heterocycles. The minimum absolute atomic E-state index is 0.141. The van der Waals surface area contributed by atoms with Crippen molar-refractivity contribution in [3.05, 3.63) is 0 Å². The Hall–Kier alpha value is -1.24. The third-order valence-electron chi connectivity index (χ3n) is 3.03. The largest absolute Gasteiger partial charge is 0.335 e. The van der Waals surface area contributed by atoms with Crippen molar-refractivity contribution in [2.75, 3.05) is 0 Å². The first kappa shape index (κ1) is 12.8. The molecule has 2 N–H and O–H groups in total. The quantitative estimate of drug-likeness (QED) is 0.770. The summed E-state index contributed by atoms with van der Waals surface area (Å²) in [5.74, 6) is 0.141. The van der Waals surface area contributed by atoms with Gasteiger partial charge in [0.25, 0.3) is 0 Å². The highest BCUT2D eigenvalue weighted by Crippen LogP contribution is 2.17. The van der Waals surface area contributed by atoms with E-state index in [9.17, 15) is 4.79 Å². The third-order valence-corrected chi connectivity index (χ3v) is 3.03. The van der Waals surface area contributed by atoms with Crippen LogP contribution in [0.1, 0.15) is 46.0 Å². The molecule has 1 rings (SSSR count). The molecule has 90 valence electrons. The molecule has 4 heteroatoms. The zero-order valence-electron chi connectivity index (χ0n) is 10.1. The van der Waals surface area contributed by atoms with Crippen molar-refractivity contribution in [2.24, 2.45) is 5.92 Å². The molecule has 16 heavy (non-hydrogen) atoms. The monoisotopic (exact) mass is 223 g/mol. The van der Waals surface area contributed by atoms with E-state index in [2.05, 4.69) is 16.7 Å². The number of rotatable bonds is 3. The fraction of sp³-hybridized carbons (Fsp3) is 0.833. The molecule has 0 radical (unpaired) electrons. The Morgan fingerprint density at radius 1 is 1.31 bits per heavy atom. The predicted molar refractivity (Wildman–Crippen MR) is 62.8 cm³/mol. The van der Waals surface area contributed by atoms with Crippen LogP contribution in [0.2, 0.25) is 0 Å². The Morgan fingerprint density at radius 2 is 1.94 bits per heavy atom. The molecule has 0 heterocycles. The lowest BCUT2D eigenvalue weighted by molar-refractivity contribution is 0.228. The Labute approximate surface area is 97.4 Å². The van der Waals surface area contributed by atoms with Crippen LogP contribution in [-0.2, 0) is 0 Å². The lowest BCUT2D eigenvalue weighted by Crippen LogP contribution is -2.47. The van der Waals surface area contributed by atoms with Crippen LogP contribution in [0.5, 0.6) is 0 Å². The number of hydrogen-bond donors (Lipinski definition) is 2. The molecule has 1 aliphatic rings. The van der Waals surface area contributed by atoms with E-state index in [1.165, 1.54) is 19.3 Å². The van der Waals surface area contributed by atoms with Crippen LogP contribution >= 0.6 is 0 Å². The molecule has 1 unspecified atom stereocenters. The summed E-state index contributed by atoms with van der Waals surface area (Å²) in [6.07, 6.45) is 5.78. The Balaban J connectivity index is 2.31. The topological polar surface area (TPSA) is 64.9 Å². The highest BCUT2D eigenvalue weighted by Gasteiger charge is 2.19. The van der Waals surface area contributed by atoms with Gasteiger partial charge in [-0.25, -0.2) is 4.79 Å². The van der Waals surface area contributed by atoms with Crippen LogP contribution in [0, 0.1) is 17.2 Å². The summed E-state index contributed by atoms with van der Waals surface area (Å²) in [7, 11) is 0. The minimum atomic E-state index is -0.399. The summed E-state index contributed by atoms with van der Waals surface area (Å²) in [4.78, 5) is 11.6. The maximum absolute atomic E-state index is 11.6. The Morgan fingerprint density at radius 3 is 2.44 bits per heavy atom. The normalized spacial score (nSPS) is 18.9. The summed E-state index contributed by atoms with van der Waals surface area (Å²) in [6.45, 7) is 3.85. The number of urea groups is 1. The van der Waals surface area contributed by atoms with Gasteiger partial charge in [0, 0.05) is 6.04 Å². The number of nitriles is 1. The number of nitrogens with zero attached hydrogens (tertiary/aromatic N) is 1. The third kappa shape index (κ3) is 4.09. The van der Waals surface area contributed by atoms with Gasteiger partial charge in [0.1, 0.15) is 6.04 Å². The van der Waals surface area contributed by atoms with Crippen molar-refractivity contribution in [3.8, 4) is 6.07 Å². The maximum atomic E-state index is 11.6. The summed E-state index contributed by atoms with van der Waals surface area (Å²) >= 11 is 0. The first-order valence-corrected chi connectivity index (χ1v) is 6.10. The van der Waals surface area contributed by atoms with Crippen LogP contribution in [-0.4, -0.2) is 18.1 Å². The molecular weight excluding hydrogens is 202 g/mol. The van der Waals surface area contributed by atoms with Crippen LogP contribution in [0.15, 0.2) is 0 Å². The van der Waals surface area contributed by atoms with Gasteiger partial charge < -0.3 is 10.6 Å². The van der Waals surface area contributed by atoms with Crippen LogP contribution in [0.3, 0.4) is 0 Å². The van der Waals surface area contributed by atoms with Gasteiger partial charge in [0.2, 0.25) is 0 Å². The molecule has 0 aromatic rings. The smallest absolute Gasteiger partial charge is 0.316 e. The number of nitrogens with one attached hydrogen (secondary N) is 2. The van der Waals surface area contributed by atoms with E-state index in [4.69, 9.17) is 5.26 Å². The fourth-order valence-electron chi connectivity index (χ4n) is 1.96. The van der Waals surface area contributed by atoms with Gasteiger partial charge in [-0.3, -0.25) is 0 Å². The first-order valence-electron chi connectivity index (χ1n) is 6.10. The van der Waals surface area contributed by atoms with Crippen LogP contribution < -0.4 is 10.6 Å². The standard InChI is InChI=1S/C12H21N3O/c1-9(2)11(8-13)15-12(16)14-10-6-4-3-5-7-10/h9-11H,3-7H2,1-2H3,(H2,14,15,16). The summed E-state index contributed by atoms with van der Waals surface area (Å²) in [5, 5.41) is 14.5. The summed E-state index contributed by atoms with van der Waals surface area (Å²) in [5.41, 5.74) is 0. The van der Waals surface area contributed by atoms with E-state index >= 15 is 0 Å². The van der Waals surface area contributed by atoms with E-state index < -0.39 is 6.04 Å². The molecule has 0 bridgehead atoms. The van der Waals surface area contributed by atoms with Crippen molar-refractivity contribution in [1.82, 2.24) is 10.6 Å². The zero-order chi connectivity index (χ0) is 12.0. The van der Waals surface area contributed by atoms with Gasteiger partial charge in [-0.05, 0) is 18.8 Å². The number of hydrogen-bond acceptors (Lipinski definition) is 2. The molecule has 1 atom stereocenters. The van der Waals surface area contributed by atoms with Crippen molar-refractivity contribution in [2.45, 2.75) is 58.0 Å². The van der Waals surface area contributed by atoms with Crippen molar-refractivity contribution < 1.29 is 4.79 Å². The van der Waals surface area contributed by atoms with Gasteiger partial charge >= 0.3 is 6.03 Å². The zero-order valence-corrected chi connectivity index (χ0v) is 10.1. The molecule has 1 fully saturated rings. The summed E-state index contributed by atoms with van der Waals surface area (Å²) < 4.78 is 0. The van der Waals surface area contributed by atoms with Gasteiger partial charge in [0.05, 0.1) is 6.07 Å². The Bertz CT molecular complexity index is 264. The molecular formula is C12H21N3O. The fourth-order valence-corrected chi connectivity index (χ4v) is 1.96. The first-order chi connectivity index (χ1) is 7.63. The van der Waals surface area contributed by atoms with E-state index in [1.807, 2.05) is 13.8 Å². The lowest BCUT2D eigenvalue weighted by atomic mass is 9.96. The lowest BCUT2D eigenvalue weighted by Gasteiger charge is -2.24.